The fraction of sp³-hybridized carbons (Fsp3) is 0.462. The maximum absolute atomic E-state index is 12.3. The first-order valence-corrected chi connectivity index (χ1v) is 6.15. The van der Waals surface area contributed by atoms with Gasteiger partial charge in [0.25, 0.3) is 5.91 Å². The topological polar surface area (TPSA) is 62.7 Å². The molecule has 0 unspecified atom stereocenters. The molecular weight excluding hydrogens is 246 g/mol. The highest BCUT2D eigenvalue weighted by Crippen LogP contribution is 2.07. The summed E-state index contributed by atoms with van der Waals surface area (Å²) < 4.78 is 4.60. The maximum atomic E-state index is 12.3. The summed E-state index contributed by atoms with van der Waals surface area (Å²) in [6, 6.07) is 4.79. The van der Waals surface area contributed by atoms with E-state index >= 15 is 0 Å². The molecule has 1 fully saturated rings. The number of aromatic nitrogens is 1. The van der Waals surface area contributed by atoms with Crippen molar-refractivity contribution in [2.75, 3.05) is 40.3 Å². The molecule has 1 aromatic heterocycles. The minimum Gasteiger partial charge on any atom is -0.464 e. The van der Waals surface area contributed by atoms with Crippen LogP contribution in [-0.4, -0.2) is 67.0 Å². The molecule has 1 aliphatic rings. The van der Waals surface area contributed by atoms with Crippen LogP contribution in [0.1, 0.15) is 21.0 Å². The number of pyridine rings is 1. The van der Waals surface area contributed by atoms with Crippen LogP contribution in [0.4, 0.5) is 0 Å². The van der Waals surface area contributed by atoms with Gasteiger partial charge in [0.2, 0.25) is 0 Å². The van der Waals surface area contributed by atoms with Crippen molar-refractivity contribution in [2.45, 2.75) is 0 Å². The molecule has 2 rings (SSSR count). The zero-order valence-electron chi connectivity index (χ0n) is 11.1. The first-order valence-electron chi connectivity index (χ1n) is 6.15. The highest BCUT2D eigenvalue weighted by molar-refractivity contribution is 5.94. The number of hydrogen-bond acceptors (Lipinski definition) is 5. The van der Waals surface area contributed by atoms with Crippen molar-refractivity contribution in [3.05, 3.63) is 29.6 Å². The molecule has 0 radical (unpaired) electrons. The third kappa shape index (κ3) is 3.08. The van der Waals surface area contributed by atoms with Crippen LogP contribution in [0.2, 0.25) is 0 Å². The first-order chi connectivity index (χ1) is 9.11. The molecule has 102 valence electrons. The van der Waals surface area contributed by atoms with Gasteiger partial charge in [0.1, 0.15) is 11.4 Å². The third-order valence-corrected chi connectivity index (χ3v) is 3.15. The number of amides is 1. The van der Waals surface area contributed by atoms with Gasteiger partial charge >= 0.3 is 5.97 Å². The molecule has 0 saturated carbocycles. The largest absolute Gasteiger partial charge is 0.464 e. The zero-order valence-corrected chi connectivity index (χ0v) is 11.1. The van der Waals surface area contributed by atoms with E-state index < -0.39 is 5.97 Å². The van der Waals surface area contributed by atoms with E-state index in [0.717, 1.165) is 13.1 Å². The van der Waals surface area contributed by atoms with Crippen molar-refractivity contribution in [1.82, 2.24) is 14.8 Å². The lowest BCUT2D eigenvalue weighted by molar-refractivity contribution is 0.0593. The molecule has 0 spiro atoms. The van der Waals surface area contributed by atoms with Crippen LogP contribution in [0, 0.1) is 0 Å². The smallest absolute Gasteiger partial charge is 0.356 e. The monoisotopic (exact) mass is 263 g/mol. The van der Waals surface area contributed by atoms with Crippen molar-refractivity contribution in [3.8, 4) is 0 Å². The number of piperazine rings is 1. The normalized spacial score (nSPS) is 16.2. The summed E-state index contributed by atoms with van der Waals surface area (Å²) in [5.74, 6) is -0.674. The van der Waals surface area contributed by atoms with Gasteiger partial charge in [0.05, 0.1) is 7.11 Å². The Hall–Kier alpha value is -1.95. The Morgan fingerprint density at radius 3 is 2.42 bits per heavy atom. The highest BCUT2D eigenvalue weighted by atomic mass is 16.5. The van der Waals surface area contributed by atoms with Crippen molar-refractivity contribution < 1.29 is 14.3 Å². The van der Waals surface area contributed by atoms with Gasteiger partial charge in [0.15, 0.2) is 0 Å². The number of likely N-dealkylation sites (N-methyl/N-ethyl adjacent to an activating group) is 1. The predicted molar refractivity (Wildman–Crippen MR) is 69.0 cm³/mol. The van der Waals surface area contributed by atoms with E-state index in [4.69, 9.17) is 0 Å². The number of nitrogens with zero attached hydrogens (tertiary/aromatic N) is 3. The number of rotatable bonds is 2. The van der Waals surface area contributed by atoms with Crippen molar-refractivity contribution in [2.24, 2.45) is 0 Å². The molecule has 0 aliphatic carbocycles. The molecule has 1 aromatic rings. The summed E-state index contributed by atoms with van der Waals surface area (Å²) in [5, 5.41) is 0. The van der Waals surface area contributed by atoms with Crippen LogP contribution in [0.25, 0.3) is 0 Å². The Labute approximate surface area is 112 Å². The Kier molecular flexibility index (Phi) is 4.11. The van der Waals surface area contributed by atoms with E-state index in [9.17, 15) is 9.59 Å². The third-order valence-electron chi connectivity index (χ3n) is 3.15. The van der Waals surface area contributed by atoms with Crippen LogP contribution < -0.4 is 0 Å². The molecule has 0 bridgehead atoms. The molecule has 0 aromatic carbocycles. The summed E-state index contributed by atoms with van der Waals surface area (Å²) in [4.78, 5) is 31.6. The second kappa shape index (κ2) is 5.79. The Bertz CT molecular complexity index is 482. The molecule has 6 heteroatoms. The van der Waals surface area contributed by atoms with Crippen molar-refractivity contribution in [3.63, 3.8) is 0 Å². The molecule has 1 amide bonds. The lowest BCUT2D eigenvalue weighted by atomic mass is 10.2. The molecular formula is C13H17N3O3. The van der Waals surface area contributed by atoms with Gasteiger partial charge in [-0.15, -0.1) is 0 Å². The molecule has 0 atom stereocenters. The Morgan fingerprint density at radius 2 is 1.79 bits per heavy atom. The number of hydrogen-bond donors (Lipinski definition) is 0. The maximum Gasteiger partial charge on any atom is 0.356 e. The second-order valence-corrected chi connectivity index (χ2v) is 4.50. The van der Waals surface area contributed by atoms with E-state index in [1.54, 1.807) is 17.0 Å². The minimum absolute atomic E-state index is 0.140. The highest BCUT2D eigenvalue weighted by Gasteiger charge is 2.22. The number of esters is 1. The lowest BCUT2D eigenvalue weighted by Gasteiger charge is -2.32. The SMILES string of the molecule is COC(=O)c1cccc(C(=O)N2CCN(C)CC2)n1. The Balaban J connectivity index is 2.13. The van der Waals surface area contributed by atoms with Gasteiger partial charge in [-0.1, -0.05) is 6.07 Å². The molecule has 6 nitrogen and oxygen atoms in total. The number of carbonyl (C=O) groups is 2. The van der Waals surface area contributed by atoms with E-state index in [-0.39, 0.29) is 17.3 Å². The molecule has 1 saturated heterocycles. The summed E-state index contributed by atoms with van der Waals surface area (Å²) in [6.45, 7) is 3.06. The minimum atomic E-state index is -0.534. The average molecular weight is 263 g/mol. The van der Waals surface area contributed by atoms with Gasteiger partial charge in [-0.25, -0.2) is 9.78 Å². The first kappa shape index (κ1) is 13.5. The van der Waals surface area contributed by atoms with E-state index in [1.165, 1.54) is 13.2 Å². The van der Waals surface area contributed by atoms with Gasteiger partial charge in [-0.3, -0.25) is 4.79 Å². The number of ether oxygens (including phenoxy) is 1. The second-order valence-electron chi connectivity index (χ2n) is 4.50. The van der Waals surface area contributed by atoms with Crippen LogP contribution >= 0.6 is 0 Å². The number of carbonyl (C=O) groups excluding carboxylic acids is 2. The molecule has 19 heavy (non-hydrogen) atoms. The average Bonchev–Trinajstić information content (AvgIpc) is 2.46. The van der Waals surface area contributed by atoms with E-state index in [1.807, 2.05) is 7.05 Å². The molecule has 2 heterocycles. The van der Waals surface area contributed by atoms with Crippen LogP contribution in [0.3, 0.4) is 0 Å². The fourth-order valence-electron chi connectivity index (χ4n) is 1.94. The van der Waals surface area contributed by atoms with Gasteiger partial charge < -0.3 is 14.5 Å². The van der Waals surface area contributed by atoms with Crippen molar-refractivity contribution in [1.29, 1.82) is 0 Å². The van der Waals surface area contributed by atoms with Crippen molar-refractivity contribution >= 4 is 11.9 Å². The van der Waals surface area contributed by atoms with Gasteiger partial charge in [-0.05, 0) is 19.2 Å². The van der Waals surface area contributed by atoms with Crippen LogP contribution in [0.15, 0.2) is 18.2 Å². The van der Waals surface area contributed by atoms with Crippen LogP contribution in [0.5, 0.6) is 0 Å². The van der Waals surface area contributed by atoms with Gasteiger partial charge in [0, 0.05) is 26.2 Å². The predicted octanol–water partition coefficient (Wildman–Crippen LogP) is 0.256. The van der Waals surface area contributed by atoms with E-state index in [0.29, 0.717) is 13.1 Å². The summed E-state index contributed by atoms with van der Waals surface area (Å²) >= 11 is 0. The number of methoxy groups -OCH3 is 1. The Morgan fingerprint density at radius 1 is 1.16 bits per heavy atom. The zero-order chi connectivity index (χ0) is 13.8. The summed E-state index contributed by atoms with van der Waals surface area (Å²) in [5.41, 5.74) is 0.440. The molecule has 0 N–H and O–H groups in total. The quantitative estimate of drug-likeness (QED) is 0.716. The lowest BCUT2D eigenvalue weighted by Crippen LogP contribution is -2.47. The fourth-order valence-corrected chi connectivity index (χ4v) is 1.94. The summed E-state index contributed by atoms with van der Waals surface area (Å²) in [6.07, 6.45) is 0. The van der Waals surface area contributed by atoms with Gasteiger partial charge in [-0.2, -0.15) is 0 Å². The molecule has 1 aliphatic heterocycles. The summed E-state index contributed by atoms with van der Waals surface area (Å²) in [7, 11) is 3.32. The van der Waals surface area contributed by atoms with E-state index in [2.05, 4.69) is 14.6 Å². The van der Waals surface area contributed by atoms with Crippen LogP contribution in [-0.2, 0) is 4.74 Å². The standard InChI is InChI=1S/C13H17N3O3/c1-15-6-8-16(9-7-15)12(17)10-4-3-5-11(14-10)13(18)19-2/h3-5H,6-9H2,1-2H3.